The summed E-state index contributed by atoms with van der Waals surface area (Å²) in [6.07, 6.45) is -0.251. The average molecular weight is 227 g/mol. The third kappa shape index (κ3) is 4.26. The van der Waals surface area contributed by atoms with Gasteiger partial charge in [-0.05, 0) is 24.7 Å². The summed E-state index contributed by atoms with van der Waals surface area (Å²) in [4.78, 5) is 2.02. The van der Waals surface area contributed by atoms with E-state index in [2.05, 4.69) is 0 Å². The van der Waals surface area contributed by atoms with Crippen molar-refractivity contribution in [2.45, 2.75) is 12.8 Å². The largest absolute Gasteiger partial charge is 0.355 e. The minimum absolute atomic E-state index is 0.207. The van der Waals surface area contributed by atoms with E-state index in [0.717, 1.165) is 5.56 Å². The Morgan fingerprint density at radius 3 is 2.56 bits per heavy atom. The molecule has 16 heavy (non-hydrogen) atoms. The first-order valence-electron chi connectivity index (χ1n) is 5.14. The van der Waals surface area contributed by atoms with Crippen LogP contribution in [0.4, 0.5) is 4.39 Å². The molecule has 1 rings (SSSR count). The molecule has 1 aromatic carbocycles. The summed E-state index contributed by atoms with van der Waals surface area (Å²) in [6.45, 7) is 1.31. The zero-order valence-corrected chi connectivity index (χ0v) is 9.94. The predicted octanol–water partition coefficient (Wildman–Crippen LogP) is 1.88. The van der Waals surface area contributed by atoms with Crippen LogP contribution < -0.4 is 0 Å². The van der Waals surface area contributed by atoms with Crippen molar-refractivity contribution in [1.29, 1.82) is 0 Å². The van der Waals surface area contributed by atoms with Crippen molar-refractivity contribution in [3.8, 4) is 0 Å². The molecule has 0 unspecified atom stereocenters. The van der Waals surface area contributed by atoms with Crippen LogP contribution in [-0.4, -0.2) is 39.0 Å². The zero-order valence-electron chi connectivity index (χ0n) is 9.94. The van der Waals surface area contributed by atoms with Gasteiger partial charge in [-0.1, -0.05) is 12.1 Å². The number of nitrogens with zero attached hydrogens (tertiary/aromatic N) is 1. The van der Waals surface area contributed by atoms with E-state index in [0.29, 0.717) is 13.1 Å². The van der Waals surface area contributed by atoms with Crippen molar-refractivity contribution < 1.29 is 13.9 Å². The van der Waals surface area contributed by atoms with Gasteiger partial charge in [-0.15, -0.1) is 0 Å². The monoisotopic (exact) mass is 227 g/mol. The lowest BCUT2D eigenvalue weighted by atomic mass is 10.2. The average Bonchev–Trinajstić information content (AvgIpc) is 2.26. The van der Waals surface area contributed by atoms with Crippen LogP contribution in [0.1, 0.15) is 5.56 Å². The third-order valence-corrected chi connectivity index (χ3v) is 2.33. The lowest BCUT2D eigenvalue weighted by molar-refractivity contribution is -0.114. The smallest absolute Gasteiger partial charge is 0.169 e. The lowest BCUT2D eigenvalue weighted by Gasteiger charge is -2.21. The first kappa shape index (κ1) is 13.1. The molecule has 0 atom stereocenters. The summed E-state index contributed by atoms with van der Waals surface area (Å²) in [7, 11) is 5.14. The number of methoxy groups -OCH3 is 2. The number of rotatable bonds is 6. The maximum atomic E-state index is 12.9. The first-order valence-corrected chi connectivity index (χ1v) is 5.14. The Bertz CT molecular complexity index is 316. The number of hydrogen-bond donors (Lipinski definition) is 0. The molecular formula is C12H18FNO2. The Balaban J connectivity index is 2.47. The first-order chi connectivity index (χ1) is 7.65. The zero-order chi connectivity index (χ0) is 12.0. The molecule has 4 heteroatoms. The third-order valence-electron chi connectivity index (χ3n) is 2.33. The van der Waals surface area contributed by atoms with Crippen LogP contribution >= 0.6 is 0 Å². The molecule has 0 bridgehead atoms. The summed E-state index contributed by atoms with van der Waals surface area (Å²) in [5.41, 5.74) is 0.938. The Kier molecular flexibility index (Phi) is 5.38. The summed E-state index contributed by atoms with van der Waals surface area (Å²) in [5, 5.41) is 0. The van der Waals surface area contributed by atoms with Crippen molar-refractivity contribution in [1.82, 2.24) is 4.90 Å². The molecular weight excluding hydrogens is 209 g/mol. The second-order valence-corrected chi connectivity index (χ2v) is 3.73. The van der Waals surface area contributed by atoms with Crippen LogP contribution in [0.2, 0.25) is 0 Å². The van der Waals surface area contributed by atoms with Crippen LogP contribution in [0, 0.1) is 5.82 Å². The number of ether oxygens (including phenoxy) is 2. The highest BCUT2D eigenvalue weighted by molar-refractivity contribution is 5.15. The topological polar surface area (TPSA) is 21.7 Å². The molecule has 90 valence electrons. The van der Waals surface area contributed by atoms with E-state index in [-0.39, 0.29) is 12.1 Å². The minimum atomic E-state index is -0.251. The molecule has 0 N–H and O–H groups in total. The number of benzene rings is 1. The molecule has 0 aliphatic rings. The maximum Gasteiger partial charge on any atom is 0.169 e. The lowest BCUT2D eigenvalue weighted by Crippen LogP contribution is -2.31. The molecule has 1 aromatic rings. The summed E-state index contributed by atoms with van der Waals surface area (Å²) < 4.78 is 23.1. The molecule has 0 heterocycles. The van der Waals surface area contributed by atoms with Crippen LogP contribution in [0.5, 0.6) is 0 Å². The Hall–Kier alpha value is -0.970. The highest BCUT2D eigenvalue weighted by Crippen LogP contribution is 2.07. The van der Waals surface area contributed by atoms with Crippen molar-refractivity contribution in [2.24, 2.45) is 0 Å². The van der Waals surface area contributed by atoms with E-state index in [1.807, 2.05) is 18.0 Å². The molecule has 0 aliphatic heterocycles. The fraction of sp³-hybridized carbons (Fsp3) is 0.500. The van der Waals surface area contributed by atoms with E-state index in [1.54, 1.807) is 20.3 Å². The molecule has 0 saturated heterocycles. The van der Waals surface area contributed by atoms with Crippen LogP contribution in [0.15, 0.2) is 24.3 Å². The summed E-state index contributed by atoms with van der Waals surface area (Å²) >= 11 is 0. The number of hydrogen-bond acceptors (Lipinski definition) is 3. The van der Waals surface area contributed by atoms with Crippen LogP contribution in [0.3, 0.4) is 0 Å². The SMILES string of the molecule is COC(CN(C)Cc1cccc(F)c1)OC. The standard InChI is InChI=1S/C12H18FNO2/c1-14(9-12(15-2)16-3)8-10-5-4-6-11(13)7-10/h4-7,12H,8-9H2,1-3H3. The highest BCUT2D eigenvalue weighted by atomic mass is 19.1. The second kappa shape index (κ2) is 6.58. The van der Waals surface area contributed by atoms with Crippen LogP contribution in [-0.2, 0) is 16.0 Å². The molecule has 0 amide bonds. The van der Waals surface area contributed by atoms with Gasteiger partial charge >= 0.3 is 0 Å². The molecule has 0 saturated carbocycles. The highest BCUT2D eigenvalue weighted by Gasteiger charge is 2.09. The molecule has 3 nitrogen and oxygen atoms in total. The van der Waals surface area contributed by atoms with Gasteiger partial charge in [0.05, 0.1) is 0 Å². The Morgan fingerprint density at radius 2 is 2.00 bits per heavy atom. The summed E-state index contributed by atoms with van der Waals surface area (Å²) in [6, 6.07) is 6.58. The molecule has 0 fully saturated rings. The van der Waals surface area contributed by atoms with Gasteiger partial charge in [-0.3, -0.25) is 4.90 Å². The van der Waals surface area contributed by atoms with E-state index < -0.39 is 0 Å². The molecule has 0 spiro atoms. The van der Waals surface area contributed by atoms with Crippen molar-refractivity contribution in [2.75, 3.05) is 27.8 Å². The van der Waals surface area contributed by atoms with E-state index >= 15 is 0 Å². The molecule has 0 aromatic heterocycles. The van der Waals surface area contributed by atoms with Gasteiger partial charge in [0.15, 0.2) is 6.29 Å². The van der Waals surface area contributed by atoms with E-state index in [1.165, 1.54) is 12.1 Å². The number of halogens is 1. The van der Waals surface area contributed by atoms with Crippen molar-refractivity contribution in [3.05, 3.63) is 35.6 Å². The van der Waals surface area contributed by atoms with Crippen LogP contribution in [0.25, 0.3) is 0 Å². The fourth-order valence-electron chi connectivity index (χ4n) is 1.51. The second-order valence-electron chi connectivity index (χ2n) is 3.73. The van der Waals surface area contributed by atoms with Gasteiger partial charge in [-0.25, -0.2) is 4.39 Å². The van der Waals surface area contributed by atoms with Gasteiger partial charge in [0, 0.05) is 27.3 Å². The van der Waals surface area contributed by atoms with Gasteiger partial charge in [0.1, 0.15) is 5.82 Å². The van der Waals surface area contributed by atoms with Crippen molar-refractivity contribution in [3.63, 3.8) is 0 Å². The predicted molar refractivity (Wildman–Crippen MR) is 60.5 cm³/mol. The quantitative estimate of drug-likeness (QED) is 0.693. The molecule has 0 aliphatic carbocycles. The van der Waals surface area contributed by atoms with Gasteiger partial charge in [0.25, 0.3) is 0 Å². The maximum absolute atomic E-state index is 12.9. The van der Waals surface area contributed by atoms with Gasteiger partial charge in [-0.2, -0.15) is 0 Å². The summed E-state index contributed by atoms with van der Waals surface area (Å²) in [5.74, 6) is -0.207. The Labute approximate surface area is 95.8 Å². The normalized spacial score (nSPS) is 11.4. The Morgan fingerprint density at radius 1 is 1.31 bits per heavy atom. The van der Waals surface area contributed by atoms with Gasteiger partial charge < -0.3 is 9.47 Å². The van der Waals surface area contributed by atoms with Crippen molar-refractivity contribution >= 4 is 0 Å². The molecule has 0 radical (unpaired) electrons. The fourth-order valence-corrected chi connectivity index (χ4v) is 1.51. The minimum Gasteiger partial charge on any atom is -0.355 e. The number of likely N-dealkylation sites (N-methyl/N-ethyl adjacent to an activating group) is 1. The van der Waals surface area contributed by atoms with Gasteiger partial charge in [0.2, 0.25) is 0 Å². The van der Waals surface area contributed by atoms with E-state index in [4.69, 9.17) is 9.47 Å². The van der Waals surface area contributed by atoms with E-state index in [9.17, 15) is 4.39 Å².